The van der Waals surface area contributed by atoms with E-state index in [1.165, 1.54) is 0 Å². The summed E-state index contributed by atoms with van der Waals surface area (Å²) in [6.07, 6.45) is 5.14. The number of amides is 2. The van der Waals surface area contributed by atoms with Gasteiger partial charge < -0.3 is 9.64 Å². The van der Waals surface area contributed by atoms with Gasteiger partial charge in [0, 0.05) is 32.7 Å². The lowest BCUT2D eigenvalue weighted by atomic mass is 9.85. The Bertz CT molecular complexity index is 803. The van der Waals surface area contributed by atoms with Crippen molar-refractivity contribution in [3.63, 3.8) is 0 Å². The van der Waals surface area contributed by atoms with E-state index < -0.39 is 0 Å². The van der Waals surface area contributed by atoms with Crippen LogP contribution in [0, 0.1) is 23.7 Å². The van der Waals surface area contributed by atoms with Gasteiger partial charge in [-0.05, 0) is 30.4 Å². The Morgan fingerprint density at radius 1 is 0.966 bits per heavy atom. The number of ether oxygens (including phenoxy) is 1. The van der Waals surface area contributed by atoms with Gasteiger partial charge in [0.25, 0.3) is 11.8 Å². The minimum absolute atomic E-state index is 0.141. The standard InChI is InChI=1S/C22H27N3O4/c1-28-18-5-3-2-4-17(18)24-10-8-23(9-11-24)12-13-29-25-21(26)19-15-6-7-16(14-15)20(19)22(25)27/h2-7,15-16,19-20H,8-14H2,1H3/t15-,16+,19?,20?. The molecular formula is C22H27N3O4. The third-order valence-corrected chi connectivity index (χ3v) is 6.86. The molecule has 7 nitrogen and oxygen atoms in total. The topological polar surface area (TPSA) is 62.3 Å². The first-order valence-electron chi connectivity index (χ1n) is 10.5. The lowest BCUT2D eigenvalue weighted by molar-refractivity contribution is -0.191. The molecular weight excluding hydrogens is 370 g/mol. The Hall–Kier alpha value is -2.38. The van der Waals surface area contributed by atoms with Crippen LogP contribution in [-0.4, -0.2) is 68.2 Å². The largest absolute Gasteiger partial charge is 0.495 e. The summed E-state index contributed by atoms with van der Waals surface area (Å²) in [6.45, 7) is 4.68. The van der Waals surface area contributed by atoms with Gasteiger partial charge >= 0.3 is 0 Å². The first kappa shape index (κ1) is 18.6. The molecule has 2 aliphatic heterocycles. The van der Waals surface area contributed by atoms with Gasteiger partial charge in [-0.15, -0.1) is 0 Å². The lowest BCUT2D eigenvalue weighted by Gasteiger charge is -2.36. The lowest BCUT2D eigenvalue weighted by Crippen LogP contribution is -2.48. The molecule has 0 N–H and O–H groups in total. The highest BCUT2D eigenvalue weighted by Crippen LogP contribution is 2.52. The molecule has 154 valence electrons. The van der Waals surface area contributed by atoms with Crippen molar-refractivity contribution < 1.29 is 19.2 Å². The number of anilines is 1. The van der Waals surface area contributed by atoms with Gasteiger partial charge in [-0.25, -0.2) is 0 Å². The number of imide groups is 1. The number of rotatable bonds is 6. The predicted octanol–water partition coefficient (Wildman–Crippen LogP) is 1.56. The molecule has 7 heteroatoms. The number of allylic oxidation sites excluding steroid dienone is 2. The second-order valence-electron chi connectivity index (χ2n) is 8.30. The summed E-state index contributed by atoms with van der Waals surface area (Å²) in [4.78, 5) is 35.6. The fourth-order valence-electron chi connectivity index (χ4n) is 5.37. The van der Waals surface area contributed by atoms with Crippen molar-refractivity contribution in [1.29, 1.82) is 0 Å². The highest BCUT2D eigenvalue weighted by molar-refractivity contribution is 6.05. The maximum atomic E-state index is 12.6. The summed E-state index contributed by atoms with van der Waals surface area (Å²) in [6, 6.07) is 8.07. The van der Waals surface area contributed by atoms with Crippen LogP contribution in [0.4, 0.5) is 5.69 Å². The van der Waals surface area contributed by atoms with Crippen LogP contribution in [-0.2, 0) is 14.4 Å². The molecule has 0 radical (unpaired) electrons. The Kier molecular flexibility index (Phi) is 4.80. The highest BCUT2D eigenvalue weighted by atomic mass is 16.7. The molecule has 3 fully saturated rings. The van der Waals surface area contributed by atoms with Crippen LogP contribution in [0.15, 0.2) is 36.4 Å². The SMILES string of the molecule is COc1ccccc1N1CCN(CCON2C(=O)C3C(C2=O)[C@H]2C=C[C@@H]3C2)CC1. The quantitative estimate of drug-likeness (QED) is 0.536. The van der Waals surface area contributed by atoms with Crippen molar-refractivity contribution in [3.8, 4) is 5.75 Å². The first-order chi connectivity index (χ1) is 14.2. The minimum atomic E-state index is -0.193. The fraction of sp³-hybridized carbons (Fsp3) is 0.545. The molecule has 1 aromatic carbocycles. The molecule has 1 saturated carbocycles. The number of carbonyl (C=O) groups is 2. The van der Waals surface area contributed by atoms with E-state index in [9.17, 15) is 9.59 Å². The molecule has 4 atom stereocenters. The van der Waals surface area contributed by atoms with Crippen LogP contribution in [0.2, 0.25) is 0 Å². The minimum Gasteiger partial charge on any atom is -0.495 e. The zero-order chi connectivity index (χ0) is 20.0. The molecule has 1 aromatic rings. The Balaban J connectivity index is 1.11. The predicted molar refractivity (Wildman–Crippen MR) is 107 cm³/mol. The molecule has 4 aliphatic rings. The molecule has 0 spiro atoms. The maximum absolute atomic E-state index is 12.6. The monoisotopic (exact) mass is 397 g/mol. The molecule has 2 unspecified atom stereocenters. The molecule has 2 saturated heterocycles. The van der Waals surface area contributed by atoms with E-state index in [1.54, 1.807) is 7.11 Å². The second-order valence-corrected chi connectivity index (χ2v) is 8.30. The fourth-order valence-corrected chi connectivity index (χ4v) is 5.37. The van der Waals surface area contributed by atoms with Gasteiger partial charge in [0.1, 0.15) is 5.75 Å². The number of carbonyl (C=O) groups excluding carboxylic acids is 2. The van der Waals surface area contributed by atoms with Crippen LogP contribution < -0.4 is 9.64 Å². The Morgan fingerprint density at radius 3 is 2.28 bits per heavy atom. The molecule has 2 heterocycles. The summed E-state index contributed by atoms with van der Waals surface area (Å²) in [5.74, 6) is 0.667. The Labute approximate surface area is 170 Å². The molecule has 2 amide bonds. The smallest absolute Gasteiger partial charge is 0.258 e. The number of hydrogen-bond donors (Lipinski definition) is 0. The highest BCUT2D eigenvalue weighted by Gasteiger charge is 2.60. The maximum Gasteiger partial charge on any atom is 0.258 e. The van der Waals surface area contributed by atoms with Gasteiger partial charge in [0.2, 0.25) is 0 Å². The number of fused-ring (bicyclic) bond motifs is 5. The van der Waals surface area contributed by atoms with Crippen molar-refractivity contribution in [1.82, 2.24) is 9.96 Å². The summed E-state index contributed by atoms with van der Waals surface area (Å²) in [7, 11) is 1.70. The number of nitrogens with zero attached hydrogens (tertiary/aromatic N) is 3. The number of para-hydroxylation sites is 2. The van der Waals surface area contributed by atoms with Gasteiger partial charge in [0.15, 0.2) is 0 Å². The van der Waals surface area contributed by atoms with Gasteiger partial charge in [-0.1, -0.05) is 24.3 Å². The molecule has 29 heavy (non-hydrogen) atoms. The molecule has 5 rings (SSSR count). The second kappa shape index (κ2) is 7.46. The number of piperazine rings is 1. The van der Waals surface area contributed by atoms with E-state index in [-0.39, 0.29) is 35.5 Å². The van der Waals surface area contributed by atoms with Gasteiger partial charge in [0.05, 0.1) is 31.2 Å². The number of benzene rings is 1. The zero-order valence-electron chi connectivity index (χ0n) is 16.7. The Morgan fingerprint density at radius 2 is 1.62 bits per heavy atom. The van der Waals surface area contributed by atoms with Gasteiger partial charge in [-0.3, -0.25) is 19.3 Å². The first-order valence-corrected chi connectivity index (χ1v) is 10.5. The van der Waals surface area contributed by atoms with Crippen LogP contribution >= 0.6 is 0 Å². The number of hydroxylamine groups is 2. The molecule has 2 aliphatic carbocycles. The third-order valence-electron chi connectivity index (χ3n) is 6.86. The van der Waals surface area contributed by atoms with Crippen molar-refractivity contribution in [2.75, 3.05) is 51.3 Å². The third kappa shape index (κ3) is 3.13. The van der Waals surface area contributed by atoms with Crippen molar-refractivity contribution in [3.05, 3.63) is 36.4 Å². The zero-order valence-corrected chi connectivity index (χ0v) is 16.7. The van der Waals surface area contributed by atoms with Crippen molar-refractivity contribution in [2.45, 2.75) is 6.42 Å². The van der Waals surface area contributed by atoms with Crippen LogP contribution in [0.3, 0.4) is 0 Å². The summed E-state index contributed by atoms with van der Waals surface area (Å²) < 4.78 is 5.47. The average molecular weight is 397 g/mol. The normalized spacial score (nSPS) is 31.1. The van der Waals surface area contributed by atoms with Gasteiger partial charge in [-0.2, -0.15) is 5.06 Å². The summed E-state index contributed by atoms with van der Waals surface area (Å²) in [5.41, 5.74) is 1.12. The van der Waals surface area contributed by atoms with Crippen molar-refractivity contribution >= 4 is 17.5 Å². The van der Waals surface area contributed by atoms with E-state index in [0.717, 1.165) is 49.1 Å². The van der Waals surface area contributed by atoms with E-state index in [1.807, 2.05) is 18.2 Å². The van der Waals surface area contributed by atoms with Crippen LogP contribution in [0.1, 0.15) is 6.42 Å². The van der Waals surface area contributed by atoms with Crippen LogP contribution in [0.5, 0.6) is 5.75 Å². The van der Waals surface area contributed by atoms with Crippen LogP contribution in [0.25, 0.3) is 0 Å². The van der Waals surface area contributed by atoms with E-state index >= 15 is 0 Å². The molecule has 2 bridgehead atoms. The summed E-state index contributed by atoms with van der Waals surface area (Å²) in [5, 5.41) is 1.06. The average Bonchev–Trinajstić information content (AvgIpc) is 3.44. The van der Waals surface area contributed by atoms with E-state index in [4.69, 9.17) is 9.57 Å². The number of hydrogen-bond acceptors (Lipinski definition) is 6. The van der Waals surface area contributed by atoms with E-state index in [0.29, 0.717) is 13.2 Å². The summed E-state index contributed by atoms with van der Waals surface area (Å²) >= 11 is 0. The number of methoxy groups -OCH3 is 1. The molecule has 0 aromatic heterocycles. The van der Waals surface area contributed by atoms with Crippen molar-refractivity contribution in [2.24, 2.45) is 23.7 Å². The van der Waals surface area contributed by atoms with E-state index in [2.05, 4.69) is 28.0 Å².